The Morgan fingerprint density at radius 1 is 1.40 bits per heavy atom. The molecule has 0 spiro atoms. The maximum Gasteiger partial charge on any atom is 0.101 e. The lowest BCUT2D eigenvalue weighted by molar-refractivity contribution is 0.367. The lowest BCUT2D eigenvalue weighted by Gasteiger charge is -2.35. The van der Waals surface area contributed by atoms with E-state index in [1.165, 1.54) is 12.8 Å². The number of hydrogen-bond acceptors (Lipinski definition) is 3. The summed E-state index contributed by atoms with van der Waals surface area (Å²) in [6, 6.07) is 8.72. The molecule has 0 aromatic heterocycles. The average Bonchev–Trinajstić information content (AvgIpc) is 2.46. The van der Waals surface area contributed by atoms with Crippen LogP contribution >= 0.6 is 15.9 Å². The van der Waals surface area contributed by atoms with Gasteiger partial charge in [0.2, 0.25) is 0 Å². The quantitative estimate of drug-likeness (QED) is 0.914. The van der Waals surface area contributed by atoms with Crippen molar-refractivity contribution in [2.24, 2.45) is 5.92 Å². The van der Waals surface area contributed by atoms with Gasteiger partial charge in [0.05, 0.1) is 11.3 Å². The predicted octanol–water partition coefficient (Wildman–Crippen LogP) is 3.54. The number of rotatable bonds is 4. The van der Waals surface area contributed by atoms with Gasteiger partial charge < -0.3 is 10.2 Å². The van der Waals surface area contributed by atoms with Crippen molar-refractivity contribution in [3.63, 3.8) is 0 Å². The Morgan fingerprint density at radius 2 is 2.10 bits per heavy atom. The van der Waals surface area contributed by atoms with Crippen LogP contribution < -0.4 is 10.2 Å². The maximum atomic E-state index is 9.37. The highest BCUT2D eigenvalue weighted by Crippen LogP contribution is 2.27. The van der Waals surface area contributed by atoms with Gasteiger partial charge in [0, 0.05) is 17.1 Å². The molecule has 20 heavy (non-hydrogen) atoms. The molecule has 1 N–H and O–H groups in total. The number of nitrogens with zero attached hydrogens (tertiary/aromatic N) is 2. The summed E-state index contributed by atoms with van der Waals surface area (Å²) in [4.78, 5) is 2.38. The van der Waals surface area contributed by atoms with Crippen LogP contribution in [0.1, 0.15) is 32.3 Å². The molecule has 1 fully saturated rings. The number of halogens is 1. The van der Waals surface area contributed by atoms with Crippen LogP contribution in [0.2, 0.25) is 0 Å². The smallest absolute Gasteiger partial charge is 0.101 e. The van der Waals surface area contributed by atoms with Crippen LogP contribution in [0, 0.1) is 17.2 Å². The van der Waals surface area contributed by atoms with Gasteiger partial charge in [-0.1, -0.05) is 15.9 Å². The SMILES string of the molecule is CC(C)N(CC1CCNCC1)c1ccc(Br)cc1C#N. The van der Waals surface area contributed by atoms with Gasteiger partial charge >= 0.3 is 0 Å². The van der Waals surface area contributed by atoms with Crippen LogP contribution in [0.3, 0.4) is 0 Å². The Bertz CT molecular complexity index is 487. The van der Waals surface area contributed by atoms with E-state index >= 15 is 0 Å². The summed E-state index contributed by atoms with van der Waals surface area (Å²) in [5, 5.41) is 12.8. The first-order valence-corrected chi connectivity index (χ1v) is 8.08. The molecule has 1 aromatic rings. The average molecular weight is 336 g/mol. The third-order valence-electron chi connectivity index (χ3n) is 3.93. The van der Waals surface area contributed by atoms with Crippen molar-refractivity contribution in [2.75, 3.05) is 24.5 Å². The fourth-order valence-electron chi connectivity index (χ4n) is 2.78. The molecule has 0 radical (unpaired) electrons. The molecule has 1 aliphatic rings. The molecule has 108 valence electrons. The van der Waals surface area contributed by atoms with Crippen molar-refractivity contribution in [1.29, 1.82) is 5.26 Å². The largest absolute Gasteiger partial charge is 0.368 e. The van der Waals surface area contributed by atoms with Crippen molar-refractivity contribution >= 4 is 21.6 Å². The number of piperidine rings is 1. The highest BCUT2D eigenvalue weighted by Gasteiger charge is 2.21. The van der Waals surface area contributed by atoms with Gasteiger partial charge in [0.15, 0.2) is 0 Å². The summed E-state index contributed by atoms with van der Waals surface area (Å²) in [5.74, 6) is 0.717. The molecular weight excluding hydrogens is 314 g/mol. The molecule has 0 amide bonds. The lowest BCUT2D eigenvalue weighted by Crippen LogP contribution is -2.39. The zero-order chi connectivity index (χ0) is 14.5. The predicted molar refractivity (Wildman–Crippen MR) is 86.9 cm³/mol. The van der Waals surface area contributed by atoms with E-state index in [4.69, 9.17) is 0 Å². The second kappa shape index (κ2) is 7.10. The molecule has 1 aliphatic heterocycles. The van der Waals surface area contributed by atoms with Crippen molar-refractivity contribution in [2.45, 2.75) is 32.7 Å². The molecule has 1 saturated heterocycles. The van der Waals surface area contributed by atoms with Gasteiger partial charge in [-0.15, -0.1) is 0 Å². The van der Waals surface area contributed by atoms with Crippen LogP contribution in [0.4, 0.5) is 5.69 Å². The Labute approximate surface area is 130 Å². The monoisotopic (exact) mass is 335 g/mol. The molecule has 0 unspecified atom stereocenters. The Kier molecular flexibility index (Phi) is 5.45. The van der Waals surface area contributed by atoms with E-state index in [0.717, 1.165) is 35.4 Å². The Hall–Kier alpha value is -1.05. The summed E-state index contributed by atoms with van der Waals surface area (Å²) < 4.78 is 0.961. The van der Waals surface area contributed by atoms with Crippen molar-refractivity contribution in [3.8, 4) is 6.07 Å². The summed E-state index contributed by atoms with van der Waals surface area (Å²) in [5.41, 5.74) is 1.81. The topological polar surface area (TPSA) is 39.1 Å². The lowest BCUT2D eigenvalue weighted by atomic mass is 9.96. The molecule has 1 heterocycles. The highest BCUT2D eigenvalue weighted by molar-refractivity contribution is 9.10. The molecule has 0 saturated carbocycles. The number of nitriles is 1. The minimum atomic E-state index is 0.401. The van der Waals surface area contributed by atoms with Gasteiger partial charge in [0.1, 0.15) is 6.07 Å². The molecule has 0 atom stereocenters. The first-order valence-electron chi connectivity index (χ1n) is 7.29. The van der Waals surface area contributed by atoms with Gasteiger partial charge in [-0.2, -0.15) is 5.26 Å². The molecule has 3 nitrogen and oxygen atoms in total. The van der Waals surface area contributed by atoms with E-state index in [0.29, 0.717) is 12.0 Å². The molecule has 0 aliphatic carbocycles. The second-order valence-electron chi connectivity index (χ2n) is 5.71. The second-order valence-corrected chi connectivity index (χ2v) is 6.63. The third-order valence-corrected chi connectivity index (χ3v) is 4.42. The van der Waals surface area contributed by atoms with Gasteiger partial charge in [-0.05, 0) is 63.9 Å². The van der Waals surface area contributed by atoms with Gasteiger partial charge in [-0.3, -0.25) is 0 Å². The van der Waals surface area contributed by atoms with Crippen molar-refractivity contribution in [3.05, 3.63) is 28.2 Å². The highest BCUT2D eigenvalue weighted by atomic mass is 79.9. The summed E-state index contributed by atoms with van der Waals surface area (Å²) in [7, 11) is 0. The third kappa shape index (κ3) is 3.74. The normalized spacial score (nSPS) is 16.1. The molecule has 4 heteroatoms. The number of anilines is 1. The minimum absolute atomic E-state index is 0.401. The van der Waals surface area contributed by atoms with E-state index in [2.05, 4.69) is 52.1 Å². The summed E-state index contributed by atoms with van der Waals surface area (Å²) >= 11 is 3.44. The van der Waals surface area contributed by atoms with Gasteiger partial charge in [0.25, 0.3) is 0 Å². The standard InChI is InChI=1S/C16H22BrN3/c1-12(2)20(11-13-5-7-19-8-6-13)16-4-3-15(17)9-14(16)10-18/h3-4,9,12-13,19H,5-8,11H2,1-2H3. The van der Waals surface area contributed by atoms with Crippen LogP contribution in [0.5, 0.6) is 0 Å². The summed E-state index contributed by atoms with van der Waals surface area (Å²) in [6.07, 6.45) is 2.45. The van der Waals surface area contributed by atoms with Crippen molar-refractivity contribution < 1.29 is 0 Å². The van der Waals surface area contributed by atoms with Crippen LogP contribution in [0.25, 0.3) is 0 Å². The molecular formula is C16H22BrN3. The molecule has 2 rings (SSSR count). The zero-order valence-electron chi connectivity index (χ0n) is 12.2. The Morgan fingerprint density at radius 3 is 2.70 bits per heavy atom. The van der Waals surface area contributed by atoms with E-state index < -0.39 is 0 Å². The van der Waals surface area contributed by atoms with E-state index in [9.17, 15) is 5.26 Å². The minimum Gasteiger partial charge on any atom is -0.368 e. The Balaban J connectivity index is 2.22. The van der Waals surface area contributed by atoms with E-state index in [1.54, 1.807) is 0 Å². The first-order chi connectivity index (χ1) is 9.61. The number of nitrogens with one attached hydrogen (secondary N) is 1. The van der Waals surface area contributed by atoms with Crippen molar-refractivity contribution in [1.82, 2.24) is 5.32 Å². The number of hydrogen-bond donors (Lipinski definition) is 1. The van der Waals surface area contributed by atoms with Crippen LogP contribution in [-0.4, -0.2) is 25.7 Å². The van der Waals surface area contributed by atoms with Gasteiger partial charge in [-0.25, -0.2) is 0 Å². The van der Waals surface area contributed by atoms with E-state index in [1.807, 2.05) is 12.1 Å². The number of benzene rings is 1. The maximum absolute atomic E-state index is 9.37. The van der Waals surface area contributed by atoms with Crippen LogP contribution in [-0.2, 0) is 0 Å². The molecule has 0 bridgehead atoms. The fraction of sp³-hybridized carbons (Fsp3) is 0.562. The van der Waals surface area contributed by atoms with E-state index in [-0.39, 0.29) is 0 Å². The fourth-order valence-corrected chi connectivity index (χ4v) is 3.14. The first kappa shape index (κ1) is 15.3. The zero-order valence-corrected chi connectivity index (χ0v) is 13.8. The van der Waals surface area contributed by atoms with Crippen LogP contribution in [0.15, 0.2) is 22.7 Å². The summed E-state index contributed by atoms with van der Waals surface area (Å²) in [6.45, 7) is 7.66. The molecule has 1 aromatic carbocycles.